The van der Waals surface area contributed by atoms with E-state index in [0.29, 0.717) is 5.56 Å². The highest BCUT2D eigenvalue weighted by molar-refractivity contribution is 6.16. The molecule has 3 rings (SSSR count). The van der Waals surface area contributed by atoms with Crippen LogP contribution < -0.4 is 0 Å². The fourth-order valence-corrected chi connectivity index (χ4v) is 2.25. The number of fused-ring (bicyclic) bond motifs is 1. The Bertz CT molecular complexity index is 823. The van der Waals surface area contributed by atoms with Gasteiger partial charge in [-0.25, -0.2) is 0 Å². The summed E-state index contributed by atoms with van der Waals surface area (Å²) in [5.41, 5.74) is 1.22. The zero-order chi connectivity index (χ0) is 14.7. The zero-order valence-electron chi connectivity index (χ0n) is 11.2. The van der Waals surface area contributed by atoms with E-state index in [1.54, 1.807) is 30.6 Å². The number of hydrogen-bond acceptors (Lipinski definition) is 3. The molecular weight excluding hydrogens is 262 g/mol. The minimum absolute atomic E-state index is 0.00178. The summed E-state index contributed by atoms with van der Waals surface area (Å²) >= 11 is 0. The summed E-state index contributed by atoms with van der Waals surface area (Å²) in [4.78, 5) is 16.3. The first-order valence-corrected chi connectivity index (χ1v) is 6.59. The Balaban J connectivity index is 2.02. The molecule has 0 saturated heterocycles. The lowest BCUT2D eigenvalue weighted by Crippen LogP contribution is -1.96. The van der Waals surface area contributed by atoms with Gasteiger partial charge in [-0.15, -0.1) is 0 Å². The molecule has 0 fully saturated rings. The Morgan fingerprint density at radius 3 is 2.57 bits per heavy atom. The number of phenols is 1. The van der Waals surface area contributed by atoms with Gasteiger partial charge in [0.1, 0.15) is 5.75 Å². The van der Waals surface area contributed by atoms with E-state index in [4.69, 9.17) is 0 Å². The number of benzene rings is 2. The largest absolute Gasteiger partial charge is 0.507 e. The number of allylic oxidation sites excluding steroid dienone is 1. The highest BCUT2D eigenvalue weighted by Gasteiger charge is 2.12. The Hall–Kier alpha value is -2.94. The van der Waals surface area contributed by atoms with E-state index in [9.17, 15) is 9.90 Å². The van der Waals surface area contributed by atoms with E-state index < -0.39 is 0 Å². The van der Waals surface area contributed by atoms with Crippen LogP contribution in [0.2, 0.25) is 0 Å². The monoisotopic (exact) mass is 275 g/mol. The molecule has 2 aromatic carbocycles. The first kappa shape index (κ1) is 13.1. The van der Waals surface area contributed by atoms with Crippen molar-refractivity contribution in [3.05, 3.63) is 78.1 Å². The third kappa shape index (κ3) is 2.67. The van der Waals surface area contributed by atoms with Crippen LogP contribution >= 0.6 is 0 Å². The molecule has 0 unspecified atom stereocenters. The third-order valence-corrected chi connectivity index (χ3v) is 3.29. The van der Waals surface area contributed by atoms with E-state index in [1.807, 2.05) is 36.4 Å². The van der Waals surface area contributed by atoms with Crippen molar-refractivity contribution in [2.45, 2.75) is 0 Å². The smallest absolute Gasteiger partial charge is 0.190 e. The van der Waals surface area contributed by atoms with Crippen molar-refractivity contribution < 1.29 is 9.90 Å². The van der Waals surface area contributed by atoms with Crippen molar-refractivity contribution in [1.82, 2.24) is 4.98 Å². The first-order chi connectivity index (χ1) is 10.3. The van der Waals surface area contributed by atoms with Gasteiger partial charge in [0.25, 0.3) is 0 Å². The number of aromatic hydroxyl groups is 1. The predicted molar refractivity (Wildman–Crippen MR) is 83.2 cm³/mol. The van der Waals surface area contributed by atoms with Crippen LogP contribution in [-0.2, 0) is 0 Å². The van der Waals surface area contributed by atoms with Gasteiger partial charge in [0.2, 0.25) is 0 Å². The predicted octanol–water partition coefficient (Wildman–Crippen LogP) is 3.84. The lowest BCUT2D eigenvalue weighted by molar-refractivity contribution is 0.104. The van der Waals surface area contributed by atoms with Crippen molar-refractivity contribution in [2.75, 3.05) is 0 Å². The number of nitrogens with zero attached hydrogens (tertiary/aromatic N) is 1. The summed E-state index contributed by atoms with van der Waals surface area (Å²) in [5.74, 6) is -0.223. The van der Waals surface area contributed by atoms with E-state index in [0.717, 1.165) is 16.3 Å². The Kier molecular flexibility index (Phi) is 3.48. The molecule has 102 valence electrons. The van der Waals surface area contributed by atoms with Gasteiger partial charge in [-0.2, -0.15) is 0 Å². The highest BCUT2D eigenvalue weighted by Crippen LogP contribution is 2.27. The summed E-state index contributed by atoms with van der Waals surface area (Å²) in [6.07, 6.45) is 6.52. The number of ketones is 1. The summed E-state index contributed by atoms with van der Waals surface area (Å²) in [7, 11) is 0. The fourth-order valence-electron chi connectivity index (χ4n) is 2.25. The normalized spacial score (nSPS) is 11.0. The number of aromatic nitrogens is 1. The van der Waals surface area contributed by atoms with E-state index >= 15 is 0 Å². The van der Waals surface area contributed by atoms with Crippen molar-refractivity contribution in [1.29, 1.82) is 0 Å². The molecule has 0 bridgehead atoms. The van der Waals surface area contributed by atoms with E-state index in [1.165, 1.54) is 6.08 Å². The molecule has 0 aliphatic rings. The molecule has 0 amide bonds. The van der Waals surface area contributed by atoms with Gasteiger partial charge in [-0.1, -0.05) is 36.4 Å². The van der Waals surface area contributed by atoms with Gasteiger partial charge in [-0.3, -0.25) is 9.78 Å². The lowest BCUT2D eigenvalue weighted by Gasteiger charge is -2.06. The van der Waals surface area contributed by atoms with Gasteiger partial charge < -0.3 is 5.11 Å². The van der Waals surface area contributed by atoms with E-state index in [2.05, 4.69) is 4.98 Å². The lowest BCUT2D eigenvalue weighted by atomic mass is 9.99. The second-order valence-electron chi connectivity index (χ2n) is 4.66. The number of rotatable bonds is 3. The minimum Gasteiger partial charge on any atom is -0.507 e. The molecule has 0 aliphatic carbocycles. The van der Waals surface area contributed by atoms with E-state index in [-0.39, 0.29) is 11.5 Å². The van der Waals surface area contributed by atoms with Gasteiger partial charge in [0.05, 0.1) is 5.56 Å². The molecular formula is C18H13NO2. The first-order valence-electron chi connectivity index (χ1n) is 6.59. The highest BCUT2D eigenvalue weighted by atomic mass is 16.3. The van der Waals surface area contributed by atoms with Gasteiger partial charge in [0, 0.05) is 12.4 Å². The summed E-state index contributed by atoms with van der Waals surface area (Å²) in [5, 5.41) is 11.7. The molecule has 0 aliphatic heterocycles. The second-order valence-corrected chi connectivity index (χ2v) is 4.66. The number of carbonyl (C=O) groups is 1. The topological polar surface area (TPSA) is 50.2 Å². The molecule has 1 aromatic heterocycles. The van der Waals surface area contributed by atoms with Crippen LogP contribution in [-0.4, -0.2) is 15.9 Å². The summed E-state index contributed by atoms with van der Waals surface area (Å²) < 4.78 is 0. The van der Waals surface area contributed by atoms with Crippen LogP contribution in [0.4, 0.5) is 0 Å². The number of pyridine rings is 1. The Morgan fingerprint density at radius 1 is 1.00 bits per heavy atom. The Morgan fingerprint density at radius 2 is 1.76 bits per heavy atom. The summed E-state index contributed by atoms with van der Waals surface area (Å²) in [6, 6.07) is 14.5. The SMILES string of the molecule is O=C(/C=C/c1ccncc1)c1c(O)ccc2ccccc12. The average molecular weight is 275 g/mol. The second kappa shape index (κ2) is 5.59. The van der Waals surface area contributed by atoms with Gasteiger partial charge in [-0.05, 0) is 40.6 Å². The van der Waals surface area contributed by atoms with Crippen LogP contribution in [0.3, 0.4) is 0 Å². The molecule has 21 heavy (non-hydrogen) atoms. The number of hydrogen-bond donors (Lipinski definition) is 1. The zero-order valence-corrected chi connectivity index (χ0v) is 11.2. The molecule has 1 N–H and O–H groups in total. The molecule has 0 spiro atoms. The maximum atomic E-state index is 12.4. The van der Waals surface area contributed by atoms with Crippen molar-refractivity contribution in [2.24, 2.45) is 0 Å². The molecule has 0 radical (unpaired) electrons. The number of carbonyl (C=O) groups excluding carboxylic acids is 1. The molecule has 1 heterocycles. The maximum absolute atomic E-state index is 12.4. The molecule has 3 nitrogen and oxygen atoms in total. The molecule has 3 aromatic rings. The van der Waals surface area contributed by atoms with Crippen LogP contribution in [0.5, 0.6) is 5.75 Å². The maximum Gasteiger partial charge on any atom is 0.190 e. The average Bonchev–Trinajstić information content (AvgIpc) is 2.53. The number of phenolic OH excluding ortho intramolecular Hbond substituents is 1. The molecule has 0 atom stereocenters. The molecule has 3 heteroatoms. The van der Waals surface area contributed by atoms with Gasteiger partial charge >= 0.3 is 0 Å². The van der Waals surface area contributed by atoms with Crippen LogP contribution in [0.25, 0.3) is 16.8 Å². The van der Waals surface area contributed by atoms with Crippen LogP contribution in [0, 0.1) is 0 Å². The van der Waals surface area contributed by atoms with Crippen molar-refractivity contribution >= 4 is 22.6 Å². The van der Waals surface area contributed by atoms with Gasteiger partial charge in [0.15, 0.2) is 5.78 Å². The fraction of sp³-hybridized carbons (Fsp3) is 0. The van der Waals surface area contributed by atoms with Crippen LogP contribution in [0.1, 0.15) is 15.9 Å². The summed E-state index contributed by atoms with van der Waals surface area (Å²) in [6.45, 7) is 0. The standard InChI is InChI=1S/C18H13NO2/c20-16(7-5-13-9-11-19-12-10-13)18-15-4-2-1-3-14(15)6-8-17(18)21/h1-12,21H/b7-5+. The molecule has 0 saturated carbocycles. The quantitative estimate of drug-likeness (QED) is 0.583. The Labute approximate surface area is 122 Å². The van der Waals surface area contributed by atoms with Crippen molar-refractivity contribution in [3.63, 3.8) is 0 Å². The third-order valence-electron chi connectivity index (χ3n) is 3.29. The minimum atomic E-state index is -0.221. The van der Waals surface area contributed by atoms with Crippen LogP contribution in [0.15, 0.2) is 67.0 Å². The van der Waals surface area contributed by atoms with Crippen molar-refractivity contribution in [3.8, 4) is 5.75 Å².